The lowest BCUT2D eigenvalue weighted by atomic mass is 10.0. The van der Waals surface area contributed by atoms with E-state index in [-0.39, 0.29) is 36.8 Å². The normalized spacial score (nSPS) is 21.0. The third-order valence-electron chi connectivity index (χ3n) is 4.15. The van der Waals surface area contributed by atoms with Gasteiger partial charge in [0.25, 0.3) is 0 Å². The molecule has 7 heteroatoms. The van der Waals surface area contributed by atoms with Crippen LogP contribution < -0.4 is 5.32 Å². The highest BCUT2D eigenvalue weighted by atomic mass is 19.1. The average molecular weight is 337 g/mol. The topological polar surface area (TPSA) is 72.9 Å². The zero-order chi connectivity index (χ0) is 17.7. The summed E-state index contributed by atoms with van der Waals surface area (Å²) in [6.07, 6.45) is -0.220. The first-order valence-corrected chi connectivity index (χ1v) is 8.01. The fourth-order valence-corrected chi connectivity index (χ4v) is 2.84. The Bertz CT molecular complexity index is 579. The van der Waals surface area contributed by atoms with Gasteiger partial charge in [-0.3, -0.25) is 14.5 Å². The maximum Gasteiger partial charge on any atom is 0.234 e. The molecule has 0 bridgehead atoms. The Hall–Kier alpha value is -1.99. The van der Waals surface area contributed by atoms with E-state index in [9.17, 15) is 19.1 Å². The van der Waals surface area contributed by atoms with Crippen molar-refractivity contribution in [3.63, 3.8) is 0 Å². The highest BCUT2D eigenvalue weighted by molar-refractivity contribution is 5.78. The second-order valence-corrected chi connectivity index (χ2v) is 6.29. The van der Waals surface area contributed by atoms with E-state index in [0.29, 0.717) is 19.5 Å². The van der Waals surface area contributed by atoms with E-state index in [1.54, 1.807) is 24.1 Å². The number of nitrogens with zero attached hydrogens (tertiary/aromatic N) is 2. The van der Waals surface area contributed by atoms with Crippen LogP contribution in [-0.2, 0) is 16.1 Å². The molecule has 2 N–H and O–H groups in total. The van der Waals surface area contributed by atoms with Crippen LogP contribution >= 0.6 is 0 Å². The molecule has 1 saturated heterocycles. The molecule has 2 amide bonds. The van der Waals surface area contributed by atoms with Gasteiger partial charge in [0.05, 0.1) is 18.7 Å². The Morgan fingerprint density at radius 2 is 2.04 bits per heavy atom. The van der Waals surface area contributed by atoms with E-state index in [0.717, 1.165) is 5.56 Å². The number of likely N-dealkylation sites (tertiary alicyclic amines) is 1. The van der Waals surface area contributed by atoms with Crippen LogP contribution in [0.2, 0.25) is 0 Å². The molecule has 0 unspecified atom stereocenters. The first kappa shape index (κ1) is 18.4. The van der Waals surface area contributed by atoms with Crippen molar-refractivity contribution in [2.45, 2.75) is 32.0 Å². The fourth-order valence-electron chi connectivity index (χ4n) is 2.84. The SMILES string of the molecule is CC(=O)N1CC[C@@H](NC(=O)CN(C)Cc2ccc(F)cc2)[C@H](O)C1. The molecule has 1 aromatic rings. The summed E-state index contributed by atoms with van der Waals surface area (Å²) < 4.78 is 12.9. The lowest BCUT2D eigenvalue weighted by Gasteiger charge is -2.36. The number of halogens is 1. The molecule has 0 aliphatic carbocycles. The maximum absolute atomic E-state index is 12.9. The van der Waals surface area contributed by atoms with Crippen LogP contribution in [0.25, 0.3) is 0 Å². The molecule has 132 valence electrons. The number of aliphatic hydroxyl groups excluding tert-OH is 1. The predicted molar refractivity (Wildman–Crippen MR) is 87.5 cm³/mol. The van der Waals surface area contributed by atoms with Crippen LogP contribution in [0.1, 0.15) is 18.9 Å². The molecule has 1 heterocycles. The highest BCUT2D eigenvalue weighted by Gasteiger charge is 2.29. The Kier molecular flexibility index (Phi) is 6.28. The average Bonchev–Trinajstić information content (AvgIpc) is 2.51. The van der Waals surface area contributed by atoms with Crippen LogP contribution in [0.15, 0.2) is 24.3 Å². The largest absolute Gasteiger partial charge is 0.389 e. The molecular formula is C17H24FN3O3. The molecule has 0 spiro atoms. The van der Waals surface area contributed by atoms with Crippen LogP contribution in [-0.4, -0.2) is 65.5 Å². The van der Waals surface area contributed by atoms with Crippen LogP contribution in [0, 0.1) is 5.82 Å². The third-order valence-corrected chi connectivity index (χ3v) is 4.15. The van der Waals surface area contributed by atoms with Crippen molar-refractivity contribution in [3.05, 3.63) is 35.6 Å². The van der Waals surface area contributed by atoms with Crippen molar-refractivity contribution in [2.75, 3.05) is 26.7 Å². The molecule has 0 aromatic heterocycles. The standard InChI is InChI=1S/C17H24FN3O3/c1-12(22)21-8-7-15(16(23)10-21)19-17(24)11-20(2)9-13-3-5-14(18)6-4-13/h3-6,15-16,23H,7-11H2,1-2H3,(H,19,24)/t15-,16-/m1/s1. The lowest BCUT2D eigenvalue weighted by Crippen LogP contribution is -2.56. The van der Waals surface area contributed by atoms with Gasteiger partial charge >= 0.3 is 0 Å². The monoisotopic (exact) mass is 337 g/mol. The van der Waals surface area contributed by atoms with Gasteiger partial charge in [0.2, 0.25) is 11.8 Å². The second kappa shape index (κ2) is 8.21. The summed E-state index contributed by atoms with van der Waals surface area (Å²) in [6.45, 7) is 2.94. The minimum Gasteiger partial charge on any atom is -0.389 e. The number of carbonyl (C=O) groups is 2. The summed E-state index contributed by atoms with van der Waals surface area (Å²) in [7, 11) is 1.80. The molecule has 1 aromatic carbocycles. The van der Waals surface area contributed by atoms with Gasteiger partial charge < -0.3 is 15.3 Å². The lowest BCUT2D eigenvalue weighted by molar-refractivity contribution is -0.133. The quantitative estimate of drug-likeness (QED) is 0.814. The van der Waals surface area contributed by atoms with Gasteiger partial charge in [0, 0.05) is 26.6 Å². The Morgan fingerprint density at radius 1 is 1.38 bits per heavy atom. The number of nitrogens with one attached hydrogen (secondary N) is 1. The smallest absolute Gasteiger partial charge is 0.234 e. The molecule has 0 radical (unpaired) electrons. The Labute approximate surface area is 141 Å². The van der Waals surface area contributed by atoms with Gasteiger partial charge in [-0.25, -0.2) is 4.39 Å². The Balaban J connectivity index is 1.78. The molecular weight excluding hydrogens is 313 g/mol. The molecule has 6 nitrogen and oxygen atoms in total. The number of hydrogen-bond acceptors (Lipinski definition) is 4. The summed E-state index contributed by atoms with van der Waals surface area (Å²) >= 11 is 0. The number of aliphatic hydroxyl groups is 1. The molecule has 1 fully saturated rings. The summed E-state index contributed by atoms with van der Waals surface area (Å²) in [4.78, 5) is 26.8. The molecule has 24 heavy (non-hydrogen) atoms. The zero-order valence-corrected chi connectivity index (χ0v) is 14.0. The van der Waals surface area contributed by atoms with Gasteiger partial charge in [-0.1, -0.05) is 12.1 Å². The molecule has 2 rings (SSSR count). The zero-order valence-electron chi connectivity index (χ0n) is 14.0. The first-order valence-electron chi connectivity index (χ1n) is 8.01. The summed E-state index contributed by atoms with van der Waals surface area (Å²) in [5, 5.41) is 12.9. The minimum absolute atomic E-state index is 0.0714. The number of hydrogen-bond donors (Lipinski definition) is 2. The van der Waals surface area contributed by atoms with Gasteiger partial charge in [0.15, 0.2) is 0 Å². The van der Waals surface area contributed by atoms with Gasteiger partial charge in [-0.2, -0.15) is 0 Å². The van der Waals surface area contributed by atoms with Crippen molar-refractivity contribution >= 4 is 11.8 Å². The van der Waals surface area contributed by atoms with Crippen molar-refractivity contribution < 1.29 is 19.1 Å². The molecule has 1 aliphatic rings. The van der Waals surface area contributed by atoms with E-state index in [4.69, 9.17) is 0 Å². The van der Waals surface area contributed by atoms with E-state index >= 15 is 0 Å². The van der Waals surface area contributed by atoms with Gasteiger partial charge in [-0.05, 0) is 31.2 Å². The number of carbonyl (C=O) groups excluding carboxylic acids is 2. The number of likely N-dealkylation sites (N-methyl/N-ethyl adjacent to an activating group) is 1. The van der Waals surface area contributed by atoms with Crippen molar-refractivity contribution in [1.29, 1.82) is 0 Å². The number of amides is 2. The predicted octanol–water partition coefficient (Wildman–Crippen LogP) is 0.355. The van der Waals surface area contributed by atoms with E-state index in [2.05, 4.69) is 5.32 Å². The van der Waals surface area contributed by atoms with E-state index in [1.807, 2.05) is 4.90 Å². The minimum atomic E-state index is -0.756. The third kappa shape index (κ3) is 5.28. The number of rotatable bonds is 5. The summed E-state index contributed by atoms with van der Waals surface area (Å²) in [5.41, 5.74) is 0.918. The fraction of sp³-hybridized carbons (Fsp3) is 0.529. The number of β-amino-alcohol motifs (C(OH)–C–C–N with tert-alkyl or cyclic N) is 1. The molecule has 1 aliphatic heterocycles. The van der Waals surface area contributed by atoms with Crippen LogP contribution in [0.3, 0.4) is 0 Å². The maximum atomic E-state index is 12.9. The van der Waals surface area contributed by atoms with Crippen molar-refractivity contribution in [1.82, 2.24) is 15.1 Å². The number of benzene rings is 1. The summed E-state index contributed by atoms with van der Waals surface area (Å²) in [5.74, 6) is -0.539. The Morgan fingerprint density at radius 3 is 2.62 bits per heavy atom. The van der Waals surface area contributed by atoms with Crippen molar-refractivity contribution in [2.24, 2.45) is 0 Å². The van der Waals surface area contributed by atoms with E-state index in [1.165, 1.54) is 19.1 Å². The van der Waals surface area contributed by atoms with Gasteiger partial charge in [-0.15, -0.1) is 0 Å². The van der Waals surface area contributed by atoms with E-state index < -0.39 is 6.10 Å². The van der Waals surface area contributed by atoms with Crippen molar-refractivity contribution in [3.8, 4) is 0 Å². The first-order chi connectivity index (χ1) is 11.3. The molecule has 0 saturated carbocycles. The molecule has 2 atom stereocenters. The number of piperidine rings is 1. The highest BCUT2D eigenvalue weighted by Crippen LogP contribution is 2.11. The van der Waals surface area contributed by atoms with Gasteiger partial charge in [0.1, 0.15) is 5.82 Å². The summed E-state index contributed by atoms with van der Waals surface area (Å²) in [6, 6.07) is 5.81. The van der Waals surface area contributed by atoms with Crippen LogP contribution in [0.5, 0.6) is 0 Å². The van der Waals surface area contributed by atoms with Crippen LogP contribution in [0.4, 0.5) is 4.39 Å². The second-order valence-electron chi connectivity index (χ2n) is 6.29.